The second-order valence-corrected chi connectivity index (χ2v) is 10.6. The number of thiocarbonyl (C=S) groups is 1. The largest absolute Gasteiger partial charge is 0.491 e. The van der Waals surface area contributed by atoms with Crippen molar-refractivity contribution in [1.29, 1.82) is 5.26 Å². The number of aliphatic hydroxyl groups excluding tert-OH is 1. The zero-order valence-electron chi connectivity index (χ0n) is 20.3. The third-order valence-electron chi connectivity index (χ3n) is 5.86. The number of rotatable bonds is 8. The number of carbonyl (C=O) groups excluding carboxylic acids is 1. The van der Waals surface area contributed by atoms with Crippen LogP contribution in [-0.2, 0) is 9.53 Å². The number of carbonyl (C=O) groups is 1. The topological polar surface area (TPSA) is 98.1 Å². The Morgan fingerprint density at radius 3 is 2.47 bits per heavy atom. The highest BCUT2D eigenvalue weighted by molar-refractivity contribution is 7.80. The second-order valence-electron chi connectivity index (χ2n) is 10.3. The van der Waals surface area contributed by atoms with Gasteiger partial charge in [0.05, 0.1) is 18.1 Å². The summed E-state index contributed by atoms with van der Waals surface area (Å²) >= 11 is 5.58. The van der Waals surface area contributed by atoms with Gasteiger partial charge in [0, 0.05) is 39.3 Å². The number of aliphatic hydroxyl groups is 1. The quantitative estimate of drug-likeness (QED) is 0.421. The Balaban J connectivity index is 1.37. The number of fused-ring (bicyclic) bond motifs is 2. The molecule has 2 fully saturated rings. The number of likely N-dealkylation sites (tertiary alicyclic amines) is 2. The van der Waals surface area contributed by atoms with Gasteiger partial charge in [0.2, 0.25) is 0 Å². The number of β-amino-alcohol motifs (C(OH)–C–C–N with tert-alkyl or cyclic N) is 1. The first-order chi connectivity index (χ1) is 16.1. The van der Waals surface area contributed by atoms with Crippen molar-refractivity contribution >= 4 is 23.3 Å². The van der Waals surface area contributed by atoms with E-state index in [4.69, 9.17) is 27.0 Å². The molecule has 34 heavy (non-hydrogen) atoms. The molecule has 3 unspecified atom stereocenters. The molecule has 9 heteroatoms. The van der Waals surface area contributed by atoms with Crippen LogP contribution < -0.4 is 10.1 Å². The van der Waals surface area contributed by atoms with Crippen molar-refractivity contribution in [3.05, 3.63) is 29.8 Å². The Bertz CT molecular complexity index is 866. The van der Waals surface area contributed by atoms with Gasteiger partial charge in [-0.15, -0.1) is 0 Å². The lowest BCUT2D eigenvalue weighted by Gasteiger charge is -2.47. The number of nitrogens with one attached hydrogen (secondary N) is 1. The molecule has 3 atom stereocenters. The molecule has 0 aliphatic carbocycles. The van der Waals surface area contributed by atoms with Gasteiger partial charge in [0.15, 0.2) is 5.11 Å². The fraction of sp³-hybridized carbons (Fsp3) is 0.640. The molecule has 186 valence electrons. The zero-order valence-corrected chi connectivity index (χ0v) is 21.1. The summed E-state index contributed by atoms with van der Waals surface area (Å²) in [6.45, 7) is 10.4. The monoisotopic (exact) mass is 488 g/mol. The van der Waals surface area contributed by atoms with E-state index < -0.39 is 11.7 Å². The van der Waals surface area contributed by atoms with Gasteiger partial charge in [-0.05, 0) is 75.5 Å². The molecule has 2 N–H and O–H groups in total. The molecular weight excluding hydrogens is 452 g/mol. The van der Waals surface area contributed by atoms with E-state index in [1.54, 1.807) is 24.3 Å². The van der Waals surface area contributed by atoms with Crippen molar-refractivity contribution in [3.8, 4) is 11.8 Å². The number of nitriles is 1. The summed E-state index contributed by atoms with van der Waals surface area (Å²) in [5, 5.41) is 23.3. The average molecular weight is 489 g/mol. The smallest absolute Gasteiger partial charge is 0.308 e. The molecule has 0 saturated carbocycles. The fourth-order valence-electron chi connectivity index (χ4n) is 4.65. The molecule has 2 heterocycles. The van der Waals surface area contributed by atoms with Crippen LogP contribution >= 0.6 is 12.2 Å². The van der Waals surface area contributed by atoms with Crippen molar-refractivity contribution < 1.29 is 19.4 Å². The first-order valence-electron chi connectivity index (χ1n) is 11.9. The number of hydrogen-bond acceptors (Lipinski definition) is 7. The van der Waals surface area contributed by atoms with Crippen molar-refractivity contribution in [2.24, 2.45) is 11.8 Å². The van der Waals surface area contributed by atoms with Gasteiger partial charge in [-0.2, -0.15) is 5.26 Å². The first-order valence-corrected chi connectivity index (χ1v) is 12.3. The summed E-state index contributed by atoms with van der Waals surface area (Å²) in [7, 11) is 0. The van der Waals surface area contributed by atoms with E-state index in [9.17, 15) is 9.90 Å². The predicted molar refractivity (Wildman–Crippen MR) is 133 cm³/mol. The lowest BCUT2D eigenvalue weighted by Crippen LogP contribution is -2.57. The molecule has 0 radical (unpaired) electrons. The predicted octanol–water partition coefficient (Wildman–Crippen LogP) is 2.16. The highest BCUT2D eigenvalue weighted by Gasteiger charge is 2.35. The van der Waals surface area contributed by atoms with Crippen molar-refractivity contribution in [3.63, 3.8) is 0 Å². The number of hydrogen-bond donors (Lipinski definition) is 2. The van der Waals surface area contributed by atoms with Gasteiger partial charge in [-0.25, -0.2) is 0 Å². The van der Waals surface area contributed by atoms with Crippen LogP contribution in [0.4, 0.5) is 0 Å². The van der Waals surface area contributed by atoms with E-state index in [1.165, 1.54) is 6.42 Å². The fourth-order valence-corrected chi connectivity index (χ4v) is 4.90. The lowest BCUT2D eigenvalue weighted by atomic mass is 9.84. The zero-order chi connectivity index (χ0) is 24.7. The van der Waals surface area contributed by atoms with Crippen molar-refractivity contribution in [2.75, 3.05) is 45.9 Å². The molecule has 2 aliphatic rings. The maximum Gasteiger partial charge on any atom is 0.308 e. The Hall–Kier alpha value is -2.41. The summed E-state index contributed by atoms with van der Waals surface area (Å²) in [5.74, 6) is 1.40. The molecule has 8 nitrogen and oxygen atoms in total. The summed E-state index contributed by atoms with van der Waals surface area (Å²) in [5.41, 5.74) is 0.108. The number of benzene rings is 1. The lowest BCUT2D eigenvalue weighted by molar-refractivity contribution is -0.154. The van der Waals surface area contributed by atoms with Crippen LogP contribution in [-0.4, -0.2) is 83.6 Å². The minimum atomic E-state index is -0.582. The van der Waals surface area contributed by atoms with Gasteiger partial charge >= 0.3 is 5.97 Å². The molecule has 2 bridgehead atoms. The van der Waals surface area contributed by atoms with Crippen LogP contribution in [0.25, 0.3) is 0 Å². The van der Waals surface area contributed by atoms with Crippen molar-refractivity contribution in [2.45, 2.75) is 45.3 Å². The van der Waals surface area contributed by atoms with Gasteiger partial charge < -0.3 is 24.8 Å². The summed E-state index contributed by atoms with van der Waals surface area (Å²) in [4.78, 5) is 16.4. The molecule has 0 spiro atoms. The van der Waals surface area contributed by atoms with Crippen LogP contribution in [0.15, 0.2) is 24.3 Å². The standard InChI is InChI=1S/C25H36N4O4S/c1-25(2,3)33-23(31)8-9-27-24(34)29-14-19-10-20(15-29)13-28(12-19)16-21(30)17-32-22-6-4-18(11-26)5-7-22/h4-7,19-21,30H,8-10,12-17H2,1-3H3,(H,27,34). The minimum absolute atomic E-state index is 0.218. The first kappa shape index (κ1) is 26.2. The molecule has 2 aliphatic heterocycles. The number of ether oxygens (including phenoxy) is 2. The summed E-state index contributed by atoms with van der Waals surface area (Å²) in [6, 6.07) is 8.98. The Morgan fingerprint density at radius 1 is 1.24 bits per heavy atom. The van der Waals surface area contributed by atoms with Crippen LogP contribution in [0, 0.1) is 23.2 Å². The van der Waals surface area contributed by atoms with E-state index in [0.717, 1.165) is 26.2 Å². The molecule has 0 amide bonds. The van der Waals surface area contributed by atoms with Crippen molar-refractivity contribution in [1.82, 2.24) is 15.1 Å². The Morgan fingerprint density at radius 2 is 1.88 bits per heavy atom. The van der Waals surface area contributed by atoms with Crippen LogP contribution in [0.5, 0.6) is 5.75 Å². The highest BCUT2D eigenvalue weighted by Crippen LogP contribution is 2.28. The summed E-state index contributed by atoms with van der Waals surface area (Å²) < 4.78 is 11.0. The Kier molecular flexibility index (Phi) is 9.11. The normalized spacial score (nSPS) is 21.3. The van der Waals surface area contributed by atoms with E-state index in [1.807, 2.05) is 20.8 Å². The van der Waals surface area contributed by atoms with Gasteiger partial charge in [-0.1, -0.05) is 0 Å². The third-order valence-corrected chi connectivity index (χ3v) is 6.27. The molecule has 1 aromatic rings. The molecule has 2 saturated heterocycles. The summed E-state index contributed by atoms with van der Waals surface area (Å²) in [6.07, 6.45) is 0.876. The Labute approximate surface area is 207 Å². The maximum absolute atomic E-state index is 11.9. The number of nitrogens with zero attached hydrogens (tertiary/aromatic N) is 3. The molecule has 3 rings (SSSR count). The van der Waals surface area contributed by atoms with Crippen LogP contribution in [0.2, 0.25) is 0 Å². The van der Waals surface area contributed by atoms with E-state index in [2.05, 4.69) is 21.2 Å². The minimum Gasteiger partial charge on any atom is -0.491 e. The van der Waals surface area contributed by atoms with Crippen LogP contribution in [0.1, 0.15) is 39.2 Å². The number of piperidine rings is 2. The third kappa shape index (κ3) is 8.42. The molecule has 0 aromatic heterocycles. The van der Waals surface area contributed by atoms with E-state index in [-0.39, 0.29) is 19.0 Å². The SMILES string of the molecule is CC(C)(C)OC(=O)CCNC(=S)N1CC2CC(CN(CC(O)COc3ccc(C#N)cc3)C2)C1. The molecular formula is C25H36N4O4S. The van der Waals surface area contributed by atoms with E-state index in [0.29, 0.717) is 41.4 Å². The average Bonchev–Trinajstić information content (AvgIpc) is 2.76. The maximum atomic E-state index is 11.9. The second kappa shape index (κ2) is 11.8. The van der Waals surface area contributed by atoms with E-state index >= 15 is 0 Å². The van der Waals surface area contributed by atoms with Crippen LogP contribution in [0.3, 0.4) is 0 Å². The molecule has 1 aromatic carbocycles. The number of esters is 1. The highest BCUT2D eigenvalue weighted by atomic mass is 32.1. The van der Waals surface area contributed by atoms with Gasteiger partial charge in [-0.3, -0.25) is 9.69 Å². The van der Waals surface area contributed by atoms with Gasteiger partial charge in [0.25, 0.3) is 0 Å². The van der Waals surface area contributed by atoms with Gasteiger partial charge in [0.1, 0.15) is 24.1 Å².